The SMILES string of the molecule is C=C(C(=O)OC)C(O)c1ccc(C2CC2)cn1. The van der Waals surface area contributed by atoms with Gasteiger partial charge in [0.2, 0.25) is 0 Å². The number of rotatable bonds is 4. The Balaban J connectivity index is 2.10. The maximum absolute atomic E-state index is 11.2. The normalized spacial score (nSPS) is 16.4. The van der Waals surface area contributed by atoms with Gasteiger partial charge in [-0.15, -0.1) is 0 Å². The van der Waals surface area contributed by atoms with E-state index < -0.39 is 12.1 Å². The zero-order chi connectivity index (χ0) is 12.4. The lowest BCUT2D eigenvalue weighted by atomic mass is 10.1. The second kappa shape index (κ2) is 4.67. The third-order valence-corrected chi connectivity index (χ3v) is 2.92. The third kappa shape index (κ3) is 2.53. The van der Waals surface area contributed by atoms with Gasteiger partial charge in [-0.1, -0.05) is 12.6 Å². The fraction of sp³-hybridized carbons (Fsp3) is 0.385. The smallest absolute Gasteiger partial charge is 0.336 e. The highest BCUT2D eigenvalue weighted by molar-refractivity contribution is 5.88. The van der Waals surface area contributed by atoms with Crippen LogP contribution in [0.15, 0.2) is 30.5 Å². The summed E-state index contributed by atoms with van der Waals surface area (Å²) in [5.74, 6) is 0.00284. The average Bonchev–Trinajstić information content (AvgIpc) is 3.20. The molecular weight excluding hydrogens is 218 g/mol. The highest BCUT2D eigenvalue weighted by atomic mass is 16.5. The first-order chi connectivity index (χ1) is 8.13. The summed E-state index contributed by atoms with van der Waals surface area (Å²) in [7, 11) is 1.25. The zero-order valence-electron chi connectivity index (χ0n) is 9.72. The lowest BCUT2D eigenvalue weighted by molar-refractivity contribution is -0.137. The zero-order valence-corrected chi connectivity index (χ0v) is 9.72. The number of aromatic nitrogens is 1. The van der Waals surface area contributed by atoms with Crippen LogP contribution < -0.4 is 0 Å². The van der Waals surface area contributed by atoms with Crippen LogP contribution in [0, 0.1) is 0 Å². The Kier molecular flexibility index (Phi) is 3.24. The molecule has 0 aliphatic heterocycles. The summed E-state index contributed by atoms with van der Waals surface area (Å²) >= 11 is 0. The van der Waals surface area contributed by atoms with E-state index in [1.54, 1.807) is 12.3 Å². The lowest BCUT2D eigenvalue weighted by Crippen LogP contribution is -2.13. The number of ether oxygens (including phenoxy) is 1. The maximum Gasteiger partial charge on any atom is 0.336 e. The van der Waals surface area contributed by atoms with Crippen LogP contribution in [0.2, 0.25) is 0 Å². The van der Waals surface area contributed by atoms with E-state index >= 15 is 0 Å². The highest BCUT2D eigenvalue weighted by Gasteiger charge is 2.25. The van der Waals surface area contributed by atoms with Crippen molar-refractivity contribution in [3.8, 4) is 0 Å². The average molecular weight is 233 g/mol. The van der Waals surface area contributed by atoms with Gasteiger partial charge in [0.15, 0.2) is 0 Å². The summed E-state index contributed by atoms with van der Waals surface area (Å²) in [6.45, 7) is 3.51. The third-order valence-electron chi connectivity index (χ3n) is 2.92. The van der Waals surface area contributed by atoms with Gasteiger partial charge in [-0.3, -0.25) is 4.98 Å². The van der Waals surface area contributed by atoms with Gasteiger partial charge in [-0.05, 0) is 30.4 Å². The number of esters is 1. The molecule has 1 fully saturated rings. The Morgan fingerprint density at radius 2 is 2.29 bits per heavy atom. The number of carbonyl (C=O) groups excluding carboxylic acids is 1. The fourth-order valence-electron chi connectivity index (χ4n) is 1.66. The van der Waals surface area contributed by atoms with Crippen molar-refractivity contribution >= 4 is 5.97 Å². The van der Waals surface area contributed by atoms with E-state index in [1.807, 2.05) is 6.07 Å². The van der Waals surface area contributed by atoms with Crippen molar-refractivity contribution in [3.05, 3.63) is 41.7 Å². The molecular formula is C13H15NO3. The van der Waals surface area contributed by atoms with Crippen molar-refractivity contribution in [2.24, 2.45) is 0 Å². The predicted molar refractivity (Wildman–Crippen MR) is 62.3 cm³/mol. The first kappa shape index (κ1) is 11.8. The number of hydrogen-bond donors (Lipinski definition) is 1. The molecule has 0 spiro atoms. The first-order valence-corrected chi connectivity index (χ1v) is 5.54. The molecule has 0 radical (unpaired) electrons. The molecule has 1 aliphatic rings. The molecule has 0 bridgehead atoms. The largest absolute Gasteiger partial charge is 0.466 e. The number of nitrogens with zero attached hydrogens (tertiary/aromatic N) is 1. The summed E-state index contributed by atoms with van der Waals surface area (Å²) in [6, 6.07) is 3.67. The highest BCUT2D eigenvalue weighted by Crippen LogP contribution is 2.39. The molecule has 1 atom stereocenters. The molecule has 0 saturated heterocycles. The summed E-state index contributed by atoms with van der Waals surface area (Å²) < 4.78 is 4.50. The summed E-state index contributed by atoms with van der Waals surface area (Å²) in [5, 5.41) is 9.87. The van der Waals surface area contributed by atoms with E-state index in [9.17, 15) is 9.90 Å². The number of hydrogen-bond acceptors (Lipinski definition) is 4. The Hall–Kier alpha value is -1.68. The predicted octanol–water partition coefficient (Wildman–Crippen LogP) is 1.72. The molecule has 1 saturated carbocycles. The van der Waals surface area contributed by atoms with E-state index in [-0.39, 0.29) is 5.57 Å². The second-order valence-corrected chi connectivity index (χ2v) is 4.21. The van der Waals surface area contributed by atoms with Gasteiger partial charge >= 0.3 is 5.97 Å². The molecule has 1 unspecified atom stereocenters. The fourth-order valence-corrected chi connectivity index (χ4v) is 1.66. The minimum Gasteiger partial charge on any atom is -0.466 e. The van der Waals surface area contributed by atoms with Gasteiger partial charge in [-0.2, -0.15) is 0 Å². The molecule has 2 rings (SSSR count). The summed E-state index contributed by atoms with van der Waals surface area (Å²) in [4.78, 5) is 15.4. The Morgan fingerprint density at radius 3 is 2.76 bits per heavy atom. The summed E-state index contributed by atoms with van der Waals surface area (Å²) in [5.41, 5.74) is 1.61. The van der Waals surface area contributed by atoms with Crippen LogP contribution in [0.4, 0.5) is 0 Å². The van der Waals surface area contributed by atoms with Crippen LogP contribution in [-0.4, -0.2) is 23.2 Å². The Labute approximate surface area is 99.9 Å². The molecule has 1 aromatic rings. The van der Waals surface area contributed by atoms with Crippen LogP contribution in [-0.2, 0) is 9.53 Å². The van der Waals surface area contributed by atoms with E-state index in [0.29, 0.717) is 11.6 Å². The molecule has 0 aromatic carbocycles. The number of methoxy groups -OCH3 is 1. The summed E-state index contributed by atoms with van der Waals surface area (Å²) in [6.07, 6.45) is 3.06. The Bertz CT molecular complexity index is 434. The van der Waals surface area contributed by atoms with Gasteiger partial charge in [-0.25, -0.2) is 4.79 Å². The van der Waals surface area contributed by atoms with Crippen LogP contribution in [0.25, 0.3) is 0 Å². The molecule has 1 heterocycles. The van der Waals surface area contributed by atoms with Crippen molar-refractivity contribution in [2.75, 3.05) is 7.11 Å². The van der Waals surface area contributed by atoms with Crippen molar-refractivity contribution in [3.63, 3.8) is 0 Å². The van der Waals surface area contributed by atoms with E-state index in [0.717, 1.165) is 0 Å². The molecule has 0 amide bonds. The standard InChI is InChI=1S/C13H15NO3/c1-8(13(16)17-2)12(15)11-6-5-10(7-14-11)9-3-4-9/h5-7,9,12,15H,1,3-4H2,2H3. The van der Waals surface area contributed by atoms with Gasteiger partial charge in [0.1, 0.15) is 6.10 Å². The molecule has 1 aliphatic carbocycles. The van der Waals surface area contributed by atoms with Crippen LogP contribution in [0.5, 0.6) is 0 Å². The second-order valence-electron chi connectivity index (χ2n) is 4.21. The molecule has 1 N–H and O–H groups in total. The van der Waals surface area contributed by atoms with Gasteiger partial charge in [0.05, 0.1) is 18.4 Å². The lowest BCUT2D eigenvalue weighted by Gasteiger charge is -2.11. The maximum atomic E-state index is 11.2. The van der Waals surface area contributed by atoms with Crippen molar-refractivity contribution in [1.29, 1.82) is 0 Å². The number of aliphatic hydroxyl groups excluding tert-OH is 1. The first-order valence-electron chi connectivity index (χ1n) is 5.54. The van der Waals surface area contributed by atoms with E-state index in [4.69, 9.17) is 0 Å². The molecule has 4 nitrogen and oxygen atoms in total. The van der Waals surface area contributed by atoms with E-state index in [2.05, 4.69) is 16.3 Å². The molecule has 4 heteroatoms. The van der Waals surface area contributed by atoms with Crippen molar-refractivity contribution in [1.82, 2.24) is 4.98 Å². The monoisotopic (exact) mass is 233 g/mol. The van der Waals surface area contributed by atoms with E-state index in [1.165, 1.54) is 25.5 Å². The molecule has 17 heavy (non-hydrogen) atoms. The number of carbonyl (C=O) groups is 1. The van der Waals surface area contributed by atoms with Crippen LogP contribution in [0.1, 0.15) is 36.1 Å². The quantitative estimate of drug-likeness (QED) is 0.635. The number of pyridine rings is 1. The Morgan fingerprint density at radius 1 is 1.59 bits per heavy atom. The van der Waals surface area contributed by atoms with Gasteiger partial charge in [0, 0.05) is 6.20 Å². The topological polar surface area (TPSA) is 59.4 Å². The molecule has 90 valence electrons. The van der Waals surface area contributed by atoms with Crippen LogP contribution >= 0.6 is 0 Å². The minimum atomic E-state index is -1.10. The van der Waals surface area contributed by atoms with Gasteiger partial charge in [0.25, 0.3) is 0 Å². The minimum absolute atomic E-state index is 0.000767. The van der Waals surface area contributed by atoms with Crippen molar-refractivity contribution in [2.45, 2.75) is 24.9 Å². The molecule has 1 aromatic heterocycles. The van der Waals surface area contributed by atoms with Crippen molar-refractivity contribution < 1.29 is 14.6 Å². The van der Waals surface area contributed by atoms with Gasteiger partial charge < -0.3 is 9.84 Å². The number of aliphatic hydroxyl groups is 1. The van der Waals surface area contributed by atoms with Crippen LogP contribution in [0.3, 0.4) is 0 Å².